The number of fused-ring (bicyclic) bond motifs is 1. The van der Waals surface area contributed by atoms with E-state index in [4.69, 9.17) is 9.47 Å². The minimum absolute atomic E-state index is 0.0452. The topological polar surface area (TPSA) is 86.5 Å². The van der Waals surface area contributed by atoms with Gasteiger partial charge in [0.15, 0.2) is 11.4 Å². The van der Waals surface area contributed by atoms with Gasteiger partial charge in [0.05, 0.1) is 6.20 Å². The van der Waals surface area contributed by atoms with Crippen LogP contribution >= 0.6 is 0 Å². The molecule has 0 unspecified atom stereocenters. The van der Waals surface area contributed by atoms with Crippen LogP contribution in [0.15, 0.2) is 42.7 Å². The van der Waals surface area contributed by atoms with E-state index in [9.17, 15) is 9.90 Å². The molecule has 1 N–H and O–H groups in total. The molecule has 7 heteroatoms. The van der Waals surface area contributed by atoms with Gasteiger partial charge in [0.2, 0.25) is 0 Å². The molecule has 0 fully saturated rings. The zero-order valence-electron chi connectivity index (χ0n) is 14.2. The van der Waals surface area contributed by atoms with Crippen molar-refractivity contribution in [1.82, 2.24) is 14.8 Å². The van der Waals surface area contributed by atoms with Gasteiger partial charge in [-0.25, -0.2) is 9.78 Å². The van der Waals surface area contributed by atoms with Gasteiger partial charge in [0, 0.05) is 30.8 Å². The molecule has 2 aromatic heterocycles. The summed E-state index contributed by atoms with van der Waals surface area (Å²) in [6.07, 6.45) is 4.30. The number of carboxylic acids is 1. The zero-order valence-corrected chi connectivity index (χ0v) is 14.2. The van der Waals surface area contributed by atoms with E-state index in [0.717, 1.165) is 22.3 Å². The van der Waals surface area contributed by atoms with Crippen molar-refractivity contribution in [2.45, 2.75) is 6.42 Å². The Hall–Kier alpha value is -3.35. The molecule has 0 amide bonds. The lowest BCUT2D eigenvalue weighted by Gasteiger charge is -2.20. The Morgan fingerprint density at radius 1 is 1.19 bits per heavy atom. The van der Waals surface area contributed by atoms with Gasteiger partial charge in [-0.3, -0.25) is 4.68 Å². The van der Waals surface area contributed by atoms with Crippen LogP contribution in [0.2, 0.25) is 0 Å². The minimum Gasteiger partial charge on any atom is -0.484 e. The van der Waals surface area contributed by atoms with Crippen LogP contribution in [0.3, 0.4) is 0 Å². The lowest BCUT2D eigenvalue weighted by atomic mass is 10.0. The number of carbonyl (C=O) groups is 1. The minimum atomic E-state index is -1.09. The highest BCUT2D eigenvalue weighted by Crippen LogP contribution is 2.34. The second kappa shape index (κ2) is 6.51. The number of pyridine rings is 1. The van der Waals surface area contributed by atoms with E-state index < -0.39 is 5.97 Å². The maximum absolute atomic E-state index is 11.3. The van der Waals surface area contributed by atoms with Crippen molar-refractivity contribution < 1.29 is 19.4 Å². The quantitative estimate of drug-likeness (QED) is 0.777. The maximum Gasteiger partial charge on any atom is 0.354 e. The van der Waals surface area contributed by atoms with E-state index in [0.29, 0.717) is 25.4 Å². The largest absolute Gasteiger partial charge is 0.484 e. The van der Waals surface area contributed by atoms with E-state index in [1.807, 2.05) is 43.7 Å². The van der Waals surface area contributed by atoms with Gasteiger partial charge in [-0.2, -0.15) is 5.10 Å². The normalized spacial score (nSPS) is 12.8. The molecule has 0 aliphatic carbocycles. The Bertz CT molecular complexity index is 963. The summed E-state index contributed by atoms with van der Waals surface area (Å²) in [5.74, 6) is -0.314. The first-order valence-corrected chi connectivity index (χ1v) is 8.21. The molecule has 1 aliphatic heterocycles. The van der Waals surface area contributed by atoms with Gasteiger partial charge in [0.1, 0.15) is 13.2 Å². The van der Waals surface area contributed by atoms with Crippen molar-refractivity contribution in [2.24, 2.45) is 7.05 Å². The number of carboxylic acid groups (broad SMARTS) is 1. The van der Waals surface area contributed by atoms with Gasteiger partial charge in [-0.15, -0.1) is 0 Å². The zero-order chi connectivity index (χ0) is 18.1. The molecule has 0 atom stereocenters. The van der Waals surface area contributed by atoms with Crippen molar-refractivity contribution in [3.05, 3.63) is 59.5 Å². The number of aryl methyl sites for hydroxylation is 1. The van der Waals surface area contributed by atoms with Crippen LogP contribution in [0.4, 0.5) is 0 Å². The summed E-state index contributed by atoms with van der Waals surface area (Å²) in [6, 6.07) is 9.62. The van der Waals surface area contributed by atoms with Crippen LogP contribution in [0, 0.1) is 0 Å². The van der Waals surface area contributed by atoms with Crippen molar-refractivity contribution in [2.75, 3.05) is 13.2 Å². The number of benzene rings is 1. The Labute approximate surface area is 149 Å². The Kier molecular flexibility index (Phi) is 4.04. The van der Waals surface area contributed by atoms with Crippen LogP contribution in [0.1, 0.15) is 21.6 Å². The lowest BCUT2D eigenvalue weighted by Crippen LogP contribution is -2.19. The molecule has 0 radical (unpaired) electrons. The van der Waals surface area contributed by atoms with Crippen LogP contribution in [0.25, 0.3) is 11.1 Å². The van der Waals surface area contributed by atoms with E-state index in [1.165, 1.54) is 0 Å². The number of ether oxygens (including phenoxy) is 2. The fraction of sp³-hybridized carbons (Fsp3) is 0.211. The third-order valence-electron chi connectivity index (χ3n) is 4.19. The SMILES string of the molecule is Cn1cc(-c2ccc(Cc3cc(C(=O)O)nc4c3OCCO4)cc2)cn1. The van der Waals surface area contributed by atoms with Crippen molar-refractivity contribution in [3.8, 4) is 22.8 Å². The fourth-order valence-electron chi connectivity index (χ4n) is 2.94. The van der Waals surface area contributed by atoms with Crippen LogP contribution in [-0.4, -0.2) is 39.1 Å². The summed E-state index contributed by atoms with van der Waals surface area (Å²) in [4.78, 5) is 15.3. The van der Waals surface area contributed by atoms with Crippen LogP contribution in [-0.2, 0) is 13.5 Å². The molecule has 1 aliphatic rings. The predicted octanol–water partition coefficient (Wildman–Crippen LogP) is 2.54. The monoisotopic (exact) mass is 351 g/mol. The van der Waals surface area contributed by atoms with Gasteiger partial charge < -0.3 is 14.6 Å². The molecular formula is C19H17N3O4. The van der Waals surface area contributed by atoms with Crippen molar-refractivity contribution in [3.63, 3.8) is 0 Å². The predicted molar refractivity (Wildman–Crippen MR) is 93.6 cm³/mol. The van der Waals surface area contributed by atoms with E-state index in [2.05, 4.69) is 10.1 Å². The summed E-state index contributed by atoms with van der Waals surface area (Å²) < 4.78 is 12.9. The molecule has 7 nitrogen and oxygen atoms in total. The maximum atomic E-state index is 11.3. The summed E-state index contributed by atoms with van der Waals surface area (Å²) >= 11 is 0. The molecule has 26 heavy (non-hydrogen) atoms. The number of hydrogen-bond acceptors (Lipinski definition) is 5. The molecule has 0 spiro atoms. The van der Waals surface area contributed by atoms with Crippen LogP contribution in [0.5, 0.6) is 11.6 Å². The first-order valence-electron chi connectivity index (χ1n) is 8.21. The Morgan fingerprint density at radius 3 is 2.65 bits per heavy atom. The fourth-order valence-corrected chi connectivity index (χ4v) is 2.94. The highest BCUT2D eigenvalue weighted by molar-refractivity contribution is 5.86. The average molecular weight is 351 g/mol. The Morgan fingerprint density at radius 2 is 1.96 bits per heavy atom. The molecule has 3 aromatic rings. The molecule has 0 saturated heterocycles. The molecule has 0 saturated carbocycles. The molecular weight excluding hydrogens is 334 g/mol. The summed E-state index contributed by atoms with van der Waals surface area (Å²) in [6.45, 7) is 0.788. The molecule has 4 rings (SSSR count). The highest BCUT2D eigenvalue weighted by Gasteiger charge is 2.21. The second-order valence-electron chi connectivity index (χ2n) is 6.08. The number of aromatic carboxylic acids is 1. The summed E-state index contributed by atoms with van der Waals surface area (Å²) in [5.41, 5.74) is 3.86. The first-order chi connectivity index (χ1) is 12.6. The summed E-state index contributed by atoms with van der Waals surface area (Å²) in [5, 5.41) is 13.5. The number of nitrogens with zero attached hydrogens (tertiary/aromatic N) is 3. The highest BCUT2D eigenvalue weighted by atomic mass is 16.6. The molecule has 132 valence electrons. The standard InChI is InChI=1S/C19H17N3O4/c1-22-11-15(10-20-22)13-4-2-12(3-5-13)8-14-9-16(19(23)24)21-18-17(14)25-6-7-26-18/h2-5,9-11H,6-8H2,1H3,(H,23,24). The Balaban J connectivity index is 1.64. The first kappa shape index (κ1) is 16.1. The lowest BCUT2D eigenvalue weighted by molar-refractivity contribution is 0.0687. The number of aromatic nitrogens is 3. The van der Waals surface area contributed by atoms with Crippen molar-refractivity contribution in [1.29, 1.82) is 0 Å². The van der Waals surface area contributed by atoms with E-state index in [1.54, 1.807) is 10.7 Å². The third-order valence-corrected chi connectivity index (χ3v) is 4.19. The molecule has 3 heterocycles. The third kappa shape index (κ3) is 3.11. The smallest absolute Gasteiger partial charge is 0.354 e. The van der Waals surface area contributed by atoms with Crippen LogP contribution < -0.4 is 9.47 Å². The van der Waals surface area contributed by atoms with Gasteiger partial charge in [-0.05, 0) is 17.2 Å². The second-order valence-corrected chi connectivity index (χ2v) is 6.08. The summed E-state index contributed by atoms with van der Waals surface area (Å²) in [7, 11) is 1.88. The average Bonchev–Trinajstić information content (AvgIpc) is 3.08. The van der Waals surface area contributed by atoms with Gasteiger partial charge in [-0.1, -0.05) is 24.3 Å². The van der Waals surface area contributed by atoms with Gasteiger partial charge >= 0.3 is 5.97 Å². The molecule has 1 aromatic carbocycles. The van der Waals surface area contributed by atoms with Gasteiger partial charge in [0.25, 0.3) is 5.88 Å². The van der Waals surface area contributed by atoms with E-state index >= 15 is 0 Å². The number of hydrogen-bond donors (Lipinski definition) is 1. The molecule has 0 bridgehead atoms. The number of rotatable bonds is 4. The van der Waals surface area contributed by atoms with E-state index in [-0.39, 0.29) is 11.6 Å². The van der Waals surface area contributed by atoms with Crippen molar-refractivity contribution >= 4 is 5.97 Å².